The minimum absolute atomic E-state index is 0.203. The summed E-state index contributed by atoms with van der Waals surface area (Å²) in [6.07, 6.45) is -3.53. The Morgan fingerprint density at radius 3 is 2.47 bits per heavy atom. The van der Waals surface area contributed by atoms with Crippen molar-refractivity contribution < 1.29 is 17.9 Å². The molecule has 0 aromatic heterocycles. The molecule has 0 heterocycles. The van der Waals surface area contributed by atoms with Crippen LogP contribution in [0.1, 0.15) is 31.0 Å². The van der Waals surface area contributed by atoms with Crippen LogP contribution in [0.5, 0.6) is 5.75 Å². The molecule has 1 aromatic rings. The zero-order chi connectivity index (χ0) is 13.1. The maximum Gasteiger partial charge on any atom is 0.422 e. The van der Waals surface area contributed by atoms with E-state index in [1.807, 2.05) is 6.92 Å². The molecule has 0 fully saturated rings. The van der Waals surface area contributed by atoms with Crippen molar-refractivity contribution in [1.29, 1.82) is 0 Å². The van der Waals surface area contributed by atoms with E-state index in [0.29, 0.717) is 5.56 Å². The summed E-state index contributed by atoms with van der Waals surface area (Å²) in [5.41, 5.74) is 7.35. The summed E-state index contributed by atoms with van der Waals surface area (Å²) in [7, 11) is 0. The molecule has 1 unspecified atom stereocenters. The smallest absolute Gasteiger partial charge is 0.422 e. The number of alkyl halides is 3. The number of hydrogen-bond acceptors (Lipinski definition) is 2. The van der Waals surface area contributed by atoms with Gasteiger partial charge in [-0.3, -0.25) is 0 Å². The Morgan fingerprint density at radius 2 is 2.00 bits per heavy atom. The molecule has 96 valence electrons. The molecule has 0 spiro atoms. The lowest BCUT2D eigenvalue weighted by Gasteiger charge is -2.16. The fourth-order valence-electron chi connectivity index (χ4n) is 1.46. The first-order valence-corrected chi connectivity index (χ1v) is 5.41. The van der Waals surface area contributed by atoms with Gasteiger partial charge in [0.05, 0.1) is 0 Å². The Balaban J connectivity index is 2.91. The standard InChI is InChI=1S/C12H16F3NO/c1-3-9-4-5-11(10(6-9)8(2)16)17-7-12(13,14)15/h4-6,8H,3,7,16H2,1-2H3. The van der Waals surface area contributed by atoms with Crippen molar-refractivity contribution >= 4 is 0 Å². The predicted octanol–water partition coefficient (Wildman–Crippen LogP) is 3.21. The molecular formula is C12H16F3NO. The summed E-state index contributed by atoms with van der Waals surface area (Å²) in [5, 5.41) is 0. The Morgan fingerprint density at radius 1 is 1.35 bits per heavy atom. The van der Waals surface area contributed by atoms with Crippen LogP contribution in [0.4, 0.5) is 13.2 Å². The summed E-state index contributed by atoms with van der Waals surface area (Å²) in [6, 6.07) is 4.72. The van der Waals surface area contributed by atoms with E-state index in [0.717, 1.165) is 12.0 Å². The molecule has 0 aliphatic rings. The van der Waals surface area contributed by atoms with Gasteiger partial charge in [-0.05, 0) is 25.0 Å². The predicted molar refractivity (Wildman–Crippen MR) is 60.0 cm³/mol. The number of aryl methyl sites for hydroxylation is 1. The van der Waals surface area contributed by atoms with Crippen LogP contribution in [0.15, 0.2) is 18.2 Å². The van der Waals surface area contributed by atoms with Crippen molar-refractivity contribution in [3.63, 3.8) is 0 Å². The first kappa shape index (κ1) is 13.8. The van der Waals surface area contributed by atoms with Gasteiger partial charge in [0.1, 0.15) is 5.75 Å². The van der Waals surface area contributed by atoms with Gasteiger partial charge in [0.25, 0.3) is 0 Å². The van der Waals surface area contributed by atoms with E-state index >= 15 is 0 Å². The molecule has 0 aliphatic carbocycles. The molecule has 5 heteroatoms. The molecule has 0 radical (unpaired) electrons. The largest absolute Gasteiger partial charge is 0.484 e. The number of ether oxygens (including phenoxy) is 1. The first-order valence-electron chi connectivity index (χ1n) is 5.41. The van der Waals surface area contributed by atoms with Crippen molar-refractivity contribution in [2.75, 3.05) is 6.61 Å². The maximum absolute atomic E-state index is 12.1. The molecule has 2 N–H and O–H groups in total. The molecule has 0 amide bonds. The van der Waals surface area contributed by atoms with Gasteiger partial charge in [-0.2, -0.15) is 13.2 Å². The quantitative estimate of drug-likeness (QED) is 0.886. The Bertz CT molecular complexity index is 375. The van der Waals surface area contributed by atoms with Gasteiger partial charge in [-0.1, -0.05) is 19.1 Å². The molecule has 17 heavy (non-hydrogen) atoms. The van der Waals surface area contributed by atoms with Crippen LogP contribution < -0.4 is 10.5 Å². The number of hydrogen-bond donors (Lipinski definition) is 1. The maximum atomic E-state index is 12.1. The number of nitrogens with two attached hydrogens (primary N) is 1. The SMILES string of the molecule is CCc1ccc(OCC(F)(F)F)c(C(C)N)c1. The number of halogens is 3. The van der Waals surface area contributed by atoms with Gasteiger partial charge in [-0.25, -0.2) is 0 Å². The molecule has 1 rings (SSSR count). The third-order valence-electron chi connectivity index (χ3n) is 2.36. The average molecular weight is 247 g/mol. The summed E-state index contributed by atoms with van der Waals surface area (Å²) < 4.78 is 40.9. The molecule has 2 nitrogen and oxygen atoms in total. The van der Waals surface area contributed by atoms with Gasteiger partial charge in [-0.15, -0.1) is 0 Å². The van der Waals surface area contributed by atoms with Crippen LogP contribution >= 0.6 is 0 Å². The zero-order valence-electron chi connectivity index (χ0n) is 9.84. The minimum Gasteiger partial charge on any atom is -0.484 e. The Hall–Kier alpha value is -1.23. The fraction of sp³-hybridized carbons (Fsp3) is 0.500. The van der Waals surface area contributed by atoms with Gasteiger partial charge >= 0.3 is 6.18 Å². The van der Waals surface area contributed by atoms with Gasteiger partial charge in [0, 0.05) is 11.6 Å². The average Bonchev–Trinajstić information content (AvgIpc) is 2.25. The first-order chi connectivity index (χ1) is 7.83. The molecule has 1 atom stereocenters. The van der Waals surface area contributed by atoms with Crippen LogP contribution in [-0.2, 0) is 6.42 Å². The zero-order valence-corrected chi connectivity index (χ0v) is 9.84. The summed E-state index contributed by atoms with van der Waals surface area (Å²) in [5.74, 6) is 0.203. The second-order valence-electron chi connectivity index (χ2n) is 3.92. The Labute approximate surface area is 98.6 Å². The lowest BCUT2D eigenvalue weighted by Crippen LogP contribution is -2.20. The topological polar surface area (TPSA) is 35.2 Å². The highest BCUT2D eigenvalue weighted by molar-refractivity contribution is 5.39. The Kier molecular flexibility index (Phi) is 4.40. The van der Waals surface area contributed by atoms with Gasteiger partial charge in [0.2, 0.25) is 0 Å². The third-order valence-corrected chi connectivity index (χ3v) is 2.36. The summed E-state index contributed by atoms with van der Waals surface area (Å²) >= 11 is 0. The van der Waals surface area contributed by atoms with E-state index in [1.54, 1.807) is 25.1 Å². The van der Waals surface area contributed by atoms with Crippen LogP contribution in [-0.4, -0.2) is 12.8 Å². The lowest BCUT2D eigenvalue weighted by atomic mass is 10.0. The van der Waals surface area contributed by atoms with E-state index in [2.05, 4.69) is 0 Å². The van der Waals surface area contributed by atoms with Crippen LogP contribution in [0.25, 0.3) is 0 Å². The van der Waals surface area contributed by atoms with Gasteiger partial charge in [0.15, 0.2) is 6.61 Å². The van der Waals surface area contributed by atoms with Gasteiger partial charge < -0.3 is 10.5 Å². The molecule has 1 aromatic carbocycles. The van der Waals surface area contributed by atoms with Crippen molar-refractivity contribution in [3.8, 4) is 5.75 Å². The summed E-state index contributed by atoms with van der Waals surface area (Å²) in [6.45, 7) is 2.39. The second kappa shape index (κ2) is 5.40. The van der Waals surface area contributed by atoms with Crippen molar-refractivity contribution in [2.45, 2.75) is 32.5 Å². The van der Waals surface area contributed by atoms with E-state index in [1.165, 1.54) is 0 Å². The molecular weight excluding hydrogens is 231 g/mol. The van der Waals surface area contributed by atoms with E-state index in [4.69, 9.17) is 10.5 Å². The fourth-order valence-corrected chi connectivity index (χ4v) is 1.46. The van der Waals surface area contributed by atoms with E-state index < -0.39 is 12.8 Å². The van der Waals surface area contributed by atoms with Crippen LogP contribution in [0.2, 0.25) is 0 Å². The highest BCUT2D eigenvalue weighted by Crippen LogP contribution is 2.27. The number of benzene rings is 1. The van der Waals surface area contributed by atoms with Crippen LogP contribution in [0, 0.1) is 0 Å². The lowest BCUT2D eigenvalue weighted by molar-refractivity contribution is -0.153. The molecule has 0 saturated carbocycles. The van der Waals surface area contributed by atoms with Crippen molar-refractivity contribution in [3.05, 3.63) is 29.3 Å². The van der Waals surface area contributed by atoms with Crippen molar-refractivity contribution in [2.24, 2.45) is 5.73 Å². The molecule has 0 aliphatic heterocycles. The minimum atomic E-state index is -4.33. The second-order valence-corrected chi connectivity index (χ2v) is 3.92. The van der Waals surface area contributed by atoms with E-state index in [-0.39, 0.29) is 11.8 Å². The summed E-state index contributed by atoms with van der Waals surface area (Å²) in [4.78, 5) is 0. The molecule has 0 bridgehead atoms. The van der Waals surface area contributed by atoms with Crippen LogP contribution in [0.3, 0.4) is 0 Å². The number of rotatable bonds is 4. The highest BCUT2D eigenvalue weighted by atomic mass is 19.4. The third kappa shape index (κ3) is 4.26. The highest BCUT2D eigenvalue weighted by Gasteiger charge is 2.29. The monoisotopic (exact) mass is 247 g/mol. The van der Waals surface area contributed by atoms with Crippen molar-refractivity contribution in [1.82, 2.24) is 0 Å². The van der Waals surface area contributed by atoms with E-state index in [9.17, 15) is 13.2 Å². The normalized spacial score (nSPS) is 13.5. The molecule has 0 saturated heterocycles.